The second kappa shape index (κ2) is 6.61. The number of aromatic nitrogens is 1. The zero-order valence-corrected chi connectivity index (χ0v) is 14.1. The van der Waals surface area contributed by atoms with Crippen LogP contribution in [0.4, 0.5) is 11.5 Å². The summed E-state index contributed by atoms with van der Waals surface area (Å²) in [5, 5.41) is 12.1. The summed E-state index contributed by atoms with van der Waals surface area (Å²) >= 11 is 0. The lowest BCUT2D eigenvalue weighted by atomic mass is 10.0. The van der Waals surface area contributed by atoms with Crippen LogP contribution in [-0.2, 0) is 6.42 Å². The Morgan fingerprint density at radius 2 is 2.04 bits per heavy atom. The lowest BCUT2D eigenvalue weighted by Gasteiger charge is -2.30. The summed E-state index contributed by atoms with van der Waals surface area (Å²) in [5.41, 5.74) is 2.15. The predicted molar refractivity (Wildman–Crippen MR) is 94.6 cm³/mol. The molecule has 1 aliphatic heterocycles. The number of nitrogens with zero attached hydrogens (tertiary/aromatic N) is 2. The Morgan fingerprint density at radius 1 is 1.25 bits per heavy atom. The van der Waals surface area contributed by atoms with E-state index in [-0.39, 0.29) is 12.5 Å². The van der Waals surface area contributed by atoms with Crippen molar-refractivity contribution in [2.45, 2.75) is 32.2 Å². The molecule has 0 atom stereocenters. The Hall–Kier alpha value is -2.40. The van der Waals surface area contributed by atoms with Crippen molar-refractivity contribution in [2.75, 3.05) is 18.1 Å². The van der Waals surface area contributed by atoms with Crippen LogP contribution in [-0.4, -0.2) is 34.7 Å². The summed E-state index contributed by atoms with van der Waals surface area (Å²) in [4.78, 5) is 19.1. The van der Waals surface area contributed by atoms with E-state index in [1.165, 1.54) is 5.56 Å². The van der Waals surface area contributed by atoms with Crippen molar-refractivity contribution in [1.29, 1.82) is 0 Å². The summed E-state index contributed by atoms with van der Waals surface area (Å²) in [6.07, 6.45) is 2.13. The maximum atomic E-state index is 12.4. The number of para-hydroxylation sites is 1. The van der Waals surface area contributed by atoms with E-state index in [0.29, 0.717) is 5.69 Å². The lowest BCUT2D eigenvalue weighted by molar-refractivity contribution is 0.0864. The standard InChI is InChI=1S/C19H23N3O2/c1-19(2,13-23)21-18(24)15-9-5-11-17(20-15)22-12-6-8-14-7-3-4-10-16(14)22/h3-5,7,9-11,23H,6,8,12-13H2,1-2H3,(H,21,24). The molecule has 24 heavy (non-hydrogen) atoms. The third-order valence-electron chi connectivity index (χ3n) is 4.20. The molecule has 0 fully saturated rings. The van der Waals surface area contributed by atoms with Gasteiger partial charge in [0, 0.05) is 12.2 Å². The van der Waals surface area contributed by atoms with Gasteiger partial charge in [-0.3, -0.25) is 4.79 Å². The highest BCUT2D eigenvalue weighted by Gasteiger charge is 2.23. The number of pyridine rings is 1. The molecule has 5 heteroatoms. The summed E-state index contributed by atoms with van der Waals surface area (Å²) in [7, 11) is 0. The molecule has 2 N–H and O–H groups in total. The Kier molecular flexibility index (Phi) is 4.53. The summed E-state index contributed by atoms with van der Waals surface area (Å²) in [5.74, 6) is 0.498. The highest BCUT2D eigenvalue weighted by Crippen LogP contribution is 2.32. The maximum Gasteiger partial charge on any atom is 0.270 e. The van der Waals surface area contributed by atoms with E-state index >= 15 is 0 Å². The first-order chi connectivity index (χ1) is 11.5. The number of carbonyl (C=O) groups is 1. The SMILES string of the molecule is CC(C)(CO)NC(=O)c1cccc(N2CCCc3ccccc32)n1. The number of hydrogen-bond acceptors (Lipinski definition) is 4. The molecule has 0 spiro atoms. The Labute approximate surface area is 142 Å². The van der Waals surface area contributed by atoms with Crippen molar-refractivity contribution < 1.29 is 9.90 Å². The fourth-order valence-corrected chi connectivity index (χ4v) is 2.88. The van der Waals surface area contributed by atoms with Gasteiger partial charge in [-0.25, -0.2) is 4.98 Å². The van der Waals surface area contributed by atoms with Crippen molar-refractivity contribution in [3.05, 3.63) is 53.7 Å². The van der Waals surface area contributed by atoms with E-state index in [2.05, 4.69) is 33.4 Å². The molecule has 1 aliphatic rings. The van der Waals surface area contributed by atoms with Crippen LogP contribution >= 0.6 is 0 Å². The van der Waals surface area contributed by atoms with Gasteiger partial charge in [-0.15, -0.1) is 0 Å². The minimum absolute atomic E-state index is 0.127. The van der Waals surface area contributed by atoms with E-state index < -0.39 is 5.54 Å². The van der Waals surface area contributed by atoms with Crippen LogP contribution in [0.25, 0.3) is 0 Å². The molecule has 0 radical (unpaired) electrons. The molecule has 1 aromatic carbocycles. The first-order valence-electron chi connectivity index (χ1n) is 8.26. The van der Waals surface area contributed by atoms with Gasteiger partial charge in [-0.05, 0) is 50.5 Å². The molecule has 0 saturated carbocycles. The van der Waals surface area contributed by atoms with Gasteiger partial charge in [-0.1, -0.05) is 24.3 Å². The molecule has 0 saturated heterocycles. The van der Waals surface area contributed by atoms with Gasteiger partial charge in [0.2, 0.25) is 0 Å². The Bertz CT molecular complexity index is 743. The van der Waals surface area contributed by atoms with Gasteiger partial charge < -0.3 is 15.3 Å². The molecule has 3 rings (SSSR count). The number of nitrogens with one attached hydrogen (secondary N) is 1. The Balaban J connectivity index is 1.88. The second-order valence-corrected chi connectivity index (χ2v) is 6.76. The number of aryl methyl sites for hydroxylation is 1. The third kappa shape index (κ3) is 3.41. The van der Waals surface area contributed by atoms with Gasteiger partial charge in [-0.2, -0.15) is 0 Å². The molecule has 5 nitrogen and oxygen atoms in total. The Morgan fingerprint density at radius 3 is 2.83 bits per heavy atom. The quantitative estimate of drug-likeness (QED) is 0.907. The minimum Gasteiger partial charge on any atom is -0.394 e. The van der Waals surface area contributed by atoms with E-state index in [1.54, 1.807) is 19.9 Å². The van der Waals surface area contributed by atoms with Gasteiger partial charge in [0.1, 0.15) is 11.5 Å². The average molecular weight is 325 g/mol. The first kappa shape index (κ1) is 16.5. The second-order valence-electron chi connectivity index (χ2n) is 6.76. The minimum atomic E-state index is -0.674. The molecule has 126 valence electrons. The molecule has 0 unspecified atom stereocenters. The largest absolute Gasteiger partial charge is 0.394 e. The van der Waals surface area contributed by atoms with Crippen molar-refractivity contribution >= 4 is 17.4 Å². The molecule has 2 aromatic rings. The molecule has 0 bridgehead atoms. The van der Waals surface area contributed by atoms with Crippen LogP contribution in [0.3, 0.4) is 0 Å². The molecule has 1 amide bonds. The van der Waals surface area contributed by atoms with Crippen LogP contribution in [0.5, 0.6) is 0 Å². The predicted octanol–water partition coefficient (Wildman–Crippen LogP) is 2.67. The van der Waals surface area contributed by atoms with Crippen molar-refractivity contribution in [2.24, 2.45) is 0 Å². The van der Waals surface area contributed by atoms with Gasteiger partial charge in [0.05, 0.1) is 12.1 Å². The van der Waals surface area contributed by atoms with Crippen molar-refractivity contribution in [1.82, 2.24) is 10.3 Å². The molecular formula is C19H23N3O2. The molecule has 0 aliphatic carbocycles. The topological polar surface area (TPSA) is 65.5 Å². The number of aliphatic hydroxyl groups is 1. The number of rotatable bonds is 4. The highest BCUT2D eigenvalue weighted by molar-refractivity contribution is 5.93. The van der Waals surface area contributed by atoms with Crippen LogP contribution in [0.15, 0.2) is 42.5 Å². The maximum absolute atomic E-state index is 12.4. The zero-order chi connectivity index (χ0) is 17.2. The number of anilines is 2. The normalized spacial score (nSPS) is 14.2. The van der Waals surface area contributed by atoms with Gasteiger partial charge in [0.15, 0.2) is 0 Å². The first-order valence-corrected chi connectivity index (χ1v) is 8.26. The number of fused-ring (bicyclic) bond motifs is 1. The van der Waals surface area contributed by atoms with E-state index in [1.807, 2.05) is 18.2 Å². The highest BCUT2D eigenvalue weighted by atomic mass is 16.3. The third-order valence-corrected chi connectivity index (χ3v) is 4.20. The van der Waals surface area contributed by atoms with E-state index in [4.69, 9.17) is 0 Å². The van der Waals surface area contributed by atoms with E-state index in [9.17, 15) is 9.90 Å². The number of amides is 1. The number of hydrogen-bond donors (Lipinski definition) is 2. The average Bonchev–Trinajstić information content (AvgIpc) is 2.61. The molecular weight excluding hydrogens is 302 g/mol. The lowest BCUT2D eigenvalue weighted by Crippen LogP contribution is -2.46. The fourth-order valence-electron chi connectivity index (χ4n) is 2.88. The van der Waals surface area contributed by atoms with Crippen LogP contribution in [0, 0.1) is 0 Å². The number of carbonyl (C=O) groups excluding carboxylic acids is 1. The van der Waals surface area contributed by atoms with Crippen LogP contribution in [0.1, 0.15) is 36.3 Å². The number of aliphatic hydroxyl groups excluding tert-OH is 1. The van der Waals surface area contributed by atoms with Gasteiger partial charge in [0.25, 0.3) is 5.91 Å². The van der Waals surface area contributed by atoms with Crippen molar-refractivity contribution in [3.63, 3.8) is 0 Å². The van der Waals surface area contributed by atoms with Crippen molar-refractivity contribution in [3.8, 4) is 0 Å². The fraction of sp³-hybridized carbons (Fsp3) is 0.368. The molecule has 1 aromatic heterocycles. The zero-order valence-electron chi connectivity index (χ0n) is 14.1. The molecule has 2 heterocycles. The van der Waals surface area contributed by atoms with Crippen LogP contribution in [0.2, 0.25) is 0 Å². The summed E-state index contributed by atoms with van der Waals surface area (Å²) < 4.78 is 0. The summed E-state index contributed by atoms with van der Waals surface area (Å²) in [6, 6.07) is 13.8. The van der Waals surface area contributed by atoms with Gasteiger partial charge >= 0.3 is 0 Å². The van der Waals surface area contributed by atoms with E-state index in [0.717, 1.165) is 30.9 Å². The monoisotopic (exact) mass is 325 g/mol. The van der Waals surface area contributed by atoms with Crippen LogP contribution < -0.4 is 10.2 Å². The smallest absolute Gasteiger partial charge is 0.270 e. The number of benzene rings is 1. The summed E-state index contributed by atoms with van der Waals surface area (Å²) in [6.45, 7) is 4.31.